The lowest BCUT2D eigenvalue weighted by atomic mass is 10.1. The molecule has 0 unspecified atom stereocenters. The van der Waals surface area contributed by atoms with Gasteiger partial charge in [-0.15, -0.1) is 23.5 Å². The Morgan fingerprint density at radius 1 is 1.18 bits per heavy atom. The van der Waals surface area contributed by atoms with Gasteiger partial charge >= 0.3 is 11.9 Å². The van der Waals surface area contributed by atoms with Gasteiger partial charge in [0.15, 0.2) is 11.5 Å². The average Bonchev–Trinajstić information content (AvgIpc) is 2.82. The van der Waals surface area contributed by atoms with Crippen molar-refractivity contribution in [1.29, 1.82) is 0 Å². The number of Topliss-reactive ketones (excluding diaryl/α,β-unsaturated/α-hetero) is 1. The molecule has 1 aliphatic rings. The fourth-order valence-corrected chi connectivity index (χ4v) is 3.26. The lowest BCUT2D eigenvalue weighted by molar-refractivity contribution is -0.140. The molecular formula is C14H13ClO5S2. The van der Waals surface area contributed by atoms with Crippen LogP contribution in [0.15, 0.2) is 22.3 Å². The van der Waals surface area contributed by atoms with Gasteiger partial charge in [0.2, 0.25) is 0 Å². The van der Waals surface area contributed by atoms with Crippen molar-refractivity contribution in [2.75, 3.05) is 12.5 Å². The van der Waals surface area contributed by atoms with Crippen LogP contribution in [0.2, 0.25) is 5.02 Å². The van der Waals surface area contributed by atoms with Gasteiger partial charge in [0.25, 0.3) is 0 Å². The molecule has 0 atom stereocenters. The van der Waals surface area contributed by atoms with Gasteiger partial charge in [0.1, 0.15) is 16.4 Å². The molecule has 0 fully saturated rings. The van der Waals surface area contributed by atoms with Crippen molar-refractivity contribution in [1.82, 2.24) is 0 Å². The number of aliphatic carboxylic acids is 1. The number of hydrogen-bond donors (Lipinski definition) is 1. The Morgan fingerprint density at radius 3 is 2.32 bits per heavy atom. The van der Waals surface area contributed by atoms with Crippen molar-refractivity contribution < 1.29 is 24.2 Å². The third kappa shape index (κ3) is 3.91. The number of carbonyl (C=O) groups is 2. The van der Waals surface area contributed by atoms with Crippen molar-refractivity contribution in [2.45, 2.75) is 12.8 Å². The second kappa shape index (κ2) is 7.30. The summed E-state index contributed by atoms with van der Waals surface area (Å²) in [6.45, 7) is 0. The minimum Gasteiger partial charge on any atom is -0.481 e. The number of carboxylic acid groups (broad SMARTS) is 1. The molecule has 118 valence electrons. The number of halogens is 1. The number of carbonyl (C=O) groups excluding carboxylic acids is 1. The fourth-order valence-electron chi connectivity index (χ4n) is 1.87. The first-order valence-corrected chi connectivity index (χ1v) is 9.01. The summed E-state index contributed by atoms with van der Waals surface area (Å²) >= 11 is 9.13. The maximum Gasteiger partial charge on any atom is 0.311 e. The Morgan fingerprint density at radius 2 is 1.77 bits per heavy atom. The fraction of sp³-hybridized carbons (Fsp3) is 0.286. The smallest absolute Gasteiger partial charge is 0.311 e. The predicted octanol–water partition coefficient (Wildman–Crippen LogP) is 3.55. The van der Waals surface area contributed by atoms with E-state index in [9.17, 15) is 9.59 Å². The van der Waals surface area contributed by atoms with Gasteiger partial charge in [-0.25, -0.2) is 0 Å². The maximum atomic E-state index is 11.6. The van der Waals surface area contributed by atoms with Crippen LogP contribution in [0.4, 0.5) is 0 Å². The van der Waals surface area contributed by atoms with Crippen molar-refractivity contribution in [3.63, 3.8) is 0 Å². The number of ketones is 1. The summed E-state index contributed by atoms with van der Waals surface area (Å²) in [6, 6.07) is 3.19. The van der Waals surface area contributed by atoms with Crippen LogP contribution in [0, 0.1) is 0 Å². The molecule has 0 aliphatic carbocycles. The molecule has 1 N–H and O–H groups in total. The largest absolute Gasteiger partial charge is 0.481 e. The van der Waals surface area contributed by atoms with Crippen molar-refractivity contribution in [3.05, 3.63) is 32.9 Å². The highest BCUT2D eigenvalue weighted by atomic mass is 35.5. The van der Waals surface area contributed by atoms with E-state index in [2.05, 4.69) is 0 Å². The zero-order valence-corrected chi connectivity index (χ0v) is 14.2. The van der Waals surface area contributed by atoms with Gasteiger partial charge < -0.3 is 14.6 Å². The highest BCUT2D eigenvalue weighted by molar-refractivity contribution is 8.21. The molecule has 1 aromatic rings. The van der Waals surface area contributed by atoms with Gasteiger partial charge in [-0.2, -0.15) is 0 Å². The summed E-state index contributed by atoms with van der Waals surface area (Å²) in [5.74, 6) is -0.233. The summed E-state index contributed by atoms with van der Waals surface area (Å²) in [5.41, 5.74) is 0.520. The van der Waals surface area contributed by atoms with Gasteiger partial charge in [0.05, 0.1) is 0 Å². The molecule has 1 heterocycles. The number of rotatable bonds is 6. The second-order valence-electron chi connectivity index (χ2n) is 4.36. The van der Waals surface area contributed by atoms with Crippen molar-refractivity contribution >= 4 is 46.9 Å². The van der Waals surface area contributed by atoms with E-state index in [1.165, 1.54) is 23.5 Å². The zero-order chi connectivity index (χ0) is 16.3. The van der Waals surface area contributed by atoms with E-state index in [1.807, 2.05) is 12.5 Å². The third-order valence-corrected chi connectivity index (χ3v) is 5.22. The molecule has 0 radical (unpaired) electrons. The Bertz CT molecular complexity index is 651. The lowest BCUT2D eigenvalue weighted by Gasteiger charge is -2.04. The highest BCUT2D eigenvalue weighted by Gasteiger charge is 2.25. The Labute approximate surface area is 141 Å². The first-order chi connectivity index (χ1) is 10.4. The molecule has 0 bridgehead atoms. The van der Waals surface area contributed by atoms with Crippen LogP contribution in [-0.4, -0.2) is 29.4 Å². The molecular weight excluding hydrogens is 348 g/mol. The minimum absolute atomic E-state index is 0.0568. The van der Waals surface area contributed by atoms with E-state index in [4.69, 9.17) is 26.2 Å². The molecule has 0 spiro atoms. The first-order valence-electron chi connectivity index (χ1n) is 6.18. The first kappa shape index (κ1) is 17.1. The van der Waals surface area contributed by atoms with Gasteiger partial charge in [0, 0.05) is 17.5 Å². The quantitative estimate of drug-likeness (QED) is 0.777. The lowest BCUT2D eigenvalue weighted by Crippen LogP contribution is -2.09. The van der Waals surface area contributed by atoms with Crippen LogP contribution < -0.4 is 9.47 Å². The van der Waals surface area contributed by atoms with Crippen molar-refractivity contribution in [3.8, 4) is 11.5 Å². The van der Waals surface area contributed by atoms with Crippen LogP contribution in [0.1, 0.15) is 12.0 Å². The van der Waals surface area contributed by atoms with E-state index in [1.54, 1.807) is 12.1 Å². The normalized spacial score (nSPS) is 12.4. The molecule has 1 aromatic carbocycles. The highest BCUT2D eigenvalue weighted by Crippen LogP contribution is 2.43. The molecule has 8 heteroatoms. The minimum atomic E-state index is -1.16. The molecule has 0 aromatic heterocycles. The summed E-state index contributed by atoms with van der Waals surface area (Å²) in [5, 5.41) is 8.97. The number of ether oxygens (including phenoxy) is 2. The van der Waals surface area contributed by atoms with E-state index in [0.29, 0.717) is 28.0 Å². The van der Waals surface area contributed by atoms with Crippen molar-refractivity contribution in [2.24, 2.45) is 0 Å². The monoisotopic (exact) mass is 360 g/mol. The second-order valence-corrected chi connectivity index (χ2v) is 6.66. The summed E-state index contributed by atoms with van der Waals surface area (Å²) in [6.07, 6.45) is 3.24. The van der Waals surface area contributed by atoms with Crippen LogP contribution in [-0.2, 0) is 16.0 Å². The van der Waals surface area contributed by atoms with Gasteiger partial charge in [-0.3, -0.25) is 9.59 Å². The summed E-state index contributed by atoms with van der Waals surface area (Å²) in [7, 11) is 0. The van der Waals surface area contributed by atoms with Gasteiger partial charge in [-0.1, -0.05) is 11.6 Å². The van der Waals surface area contributed by atoms with Gasteiger partial charge in [-0.05, 0) is 24.1 Å². The van der Waals surface area contributed by atoms with E-state index < -0.39 is 18.2 Å². The SMILES string of the molecule is CSC(SC)=C1Oc2cc(Cl)c(CC(=O)CC(=O)O)cc2O1. The summed E-state index contributed by atoms with van der Waals surface area (Å²) in [4.78, 5) is 22.2. The van der Waals surface area contributed by atoms with E-state index in [0.717, 1.165) is 4.24 Å². The third-order valence-electron chi connectivity index (χ3n) is 2.79. The number of carboxylic acids is 1. The predicted molar refractivity (Wildman–Crippen MR) is 87.7 cm³/mol. The molecule has 2 rings (SSSR count). The molecule has 5 nitrogen and oxygen atoms in total. The standard InChI is InChI=1S/C14H13ClO5S2/c1-21-14(22-2)13-19-10-4-7(3-8(16)5-12(17)18)9(15)6-11(10)20-13/h4,6H,3,5H2,1-2H3,(H,17,18). The molecule has 0 saturated heterocycles. The summed E-state index contributed by atoms with van der Waals surface area (Å²) < 4.78 is 12.1. The Balaban J connectivity index is 2.23. The number of hydrogen-bond acceptors (Lipinski definition) is 6. The van der Waals surface area contributed by atoms with Crippen LogP contribution in [0.3, 0.4) is 0 Å². The topological polar surface area (TPSA) is 72.8 Å². The number of benzene rings is 1. The molecule has 1 aliphatic heterocycles. The van der Waals surface area contributed by atoms with Crippen LogP contribution in [0.5, 0.6) is 11.5 Å². The Kier molecular flexibility index (Phi) is 5.66. The van der Waals surface area contributed by atoms with Crippen LogP contribution >= 0.6 is 35.1 Å². The van der Waals surface area contributed by atoms with Crippen LogP contribution in [0.25, 0.3) is 0 Å². The zero-order valence-electron chi connectivity index (χ0n) is 11.8. The van der Waals surface area contributed by atoms with E-state index >= 15 is 0 Å². The number of fused-ring (bicyclic) bond motifs is 1. The maximum absolute atomic E-state index is 11.6. The molecule has 0 amide bonds. The molecule has 22 heavy (non-hydrogen) atoms. The Hall–Kier alpha value is -1.31. The van der Waals surface area contributed by atoms with E-state index in [-0.39, 0.29) is 6.42 Å². The number of thioether (sulfide) groups is 2. The molecule has 0 saturated carbocycles. The average molecular weight is 361 g/mol.